The minimum Gasteiger partial charge on any atom is -0.467 e. The van der Waals surface area contributed by atoms with Crippen molar-refractivity contribution in [1.29, 1.82) is 0 Å². The van der Waals surface area contributed by atoms with Crippen molar-refractivity contribution in [1.82, 2.24) is 20.4 Å². The molecule has 10 nitrogen and oxygen atoms in total. The van der Waals surface area contributed by atoms with Crippen LogP contribution in [0.5, 0.6) is 5.75 Å². The Morgan fingerprint density at radius 1 is 1.16 bits per heavy atom. The third-order valence-electron chi connectivity index (χ3n) is 5.91. The minimum atomic E-state index is 0.151. The second-order valence-corrected chi connectivity index (χ2v) is 8.25. The lowest BCUT2D eigenvalue weighted by molar-refractivity contribution is -0.682. The number of nitrogens with two attached hydrogens (primary N) is 1. The molecule has 0 amide bonds. The highest BCUT2D eigenvalue weighted by atomic mass is 35.5. The molecule has 0 saturated carbocycles. The number of fused-ring (bicyclic) bond motifs is 2. The summed E-state index contributed by atoms with van der Waals surface area (Å²) in [6.07, 6.45) is 5.86. The summed E-state index contributed by atoms with van der Waals surface area (Å²) < 4.78 is 12.6. The van der Waals surface area contributed by atoms with E-state index in [1.807, 2.05) is 41.2 Å². The number of anilines is 2. The lowest BCUT2D eigenvalue weighted by Gasteiger charge is -2.41. The Labute approximate surface area is 190 Å². The van der Waals surface area contributed by atoms with Crippen molar-refractivity contribution >= 4 is 23.2 Å². The first kappa shape index (κ1) is 20.7. The average Bonchev–Trinajstić information content (AvgIpc) is 3.08. The van der Waals surface area contributed by atoms with Crippen LogP contribution in [0.15, 0.2) is 42.7 Å². The molecular weight excluding hydrogens is 432 g/mol. The SMILES string of the molecule is COCOc1ccccc1-c1c[n+](N2CC3CCC(C2)N3c2cnnc(Cl)c2)c(N)nn1. The average molecular weight is 456 g/mol. The van der Waals surface area contributed by atoms with E-state index in [2.05, 4.69) is 30.3 Å². The lowest BCUT2D eigenvalue weighted by atomic mass is 10.1. The smallest absolute Gasteiger partial charge is 0.434 e. The predicted molar refractivity (Wildman–Crippen MR) is 119 cm³/mol. The van der Waals surface area contributed by atoms with E-state index in [1.54, 1.807) is 13.3 Å². The van der Waals surface area contributed by atoms with Crippen molar-refractivity contribution in [3.8, 4) is 17.0 Å². The summed E-state index contributed by atoms with van der Waals surface area (Å²) in [5.74, 6) is 1.01. The van der Waals surface area contributed by atoms with E-state index < -0.39 is 0 Å². The van der Waals surface area contributed by atoms with Gasteiger partial charge in [-0.2, -0.15) is 5.10 Å². The van der Waals surface area contributed by atoms with Crippen molar-refractivity contribution < 1.29 is 14.1 Å². The zero-order valence-electron chi connectivity index (χ0n) is 17.6. The van der Waals surface area contributed by atoms with Gasteiger partial charge in [-0.1, -0.05) is 28.8 Å². The fourth-order valence-corrected chi connectivity index (χ4v) is 4.74. The second-order valence-electron chi connectivity index (χ2n) is 7.86. The van der Waals surface area contributed by atoms with Crippen molar-refractivity contribution in [3.05, 3.63) is 47.9 Å². The molecule has 5 rings (SSSR count). The van der Waals surface area contributed by atoms with Crippen LogP contribution < -0.4 is 25.1 Å². The molecule has 1 aromatic carbocycles. The van der Waals surface area contributed by atoms with Crippen molar-refractivity contribution in [2.24, 2.45) is 0 Å². The van der Waals surface area contributed by atoms with Gasteiger partial charge in [-0.15, -0.1) is 9.77 Å². The number of methoxy groups -OCH3 is 1. The molecule has 2 aliphatic rings. The number of nitrogens with zero attached hydrogens (tertiary/aromatic N) is 7. The van der Waals surface area contributed by atoms with Crippen LogP contribution in [0.25, 0.3) is 11.3 Å². The molecule has 2 aromatic heterocycles. The number of hydrogen-bond donors (Lipinski definition) is 1. The number of ether oxygens (including phenoxy) is 2. The third kappa shape index (κ3) is 3.87. The molecule has 4 heterocycles. The number of aromatic nitrogens is 5. The van der Waals surface area contributed by atoms with Crippen LogP contribution in [-0.2, 0) is 4.74 Å². The Hall–Kier alpha value is -3.24. The summed E-state index contributed by atoms with van der Waals surface area (Å²) in [6, 6.07) is 10.2. The molecule has 3 aromatic rings. The second kappa shape index (κ2) is 8.71. The molecule has 2 atom stereocenters. The van der Waals surface area contributed by atoms with Crippen LogP contribution in [-0.4, -0.2) is 59.5 Å². The highest BCUT2D eigenvalue weighted by Crippen LogP contribution is 2.34. The van der Waals surface area contributed by atoms with Gasteiger partial charge in [0.1, 0.15) is 17.6 Å². The number of rotatable bonds is 6. The summed E-state index contributed by atoms with van der Waals surface area (Å²) in [5, 5.41) is 19.1. The fraction of sp³-hybridized carbons (Fsp3) is 0.381. The van der Waals surface area contributed by atoms with Gasteiger partial charge in [0, 0.05) is 35.9 Å². The van der Waals surface area contributed by atoms with E-state index in [4.69, 9.17) is 26.8 Å². The van der Waals surface area contributed by atoms with Gasteiger partial charge in [-0.3, -0.25) is 10.7 Å². The van der Waals surface area contributed by atoms with Crippen molar-refractivity contribution in [2.45, 2.75) is 24.9 Å². The molecule has 2 N–H and O–H groups in total. The molecule has 0 radical (unpaired) electrons. The first-order valence-electron chi connectivity index (χ1n) is 10.4. The van der Waals surface area contributed by atoms with Gasteiger partial charge < -0.3 is 14.4 Å². The Bertz CT molecular complexity index is 1100. The zero-order chi connectivity index (χ0) is 22.1. The van der Waals surface area contributed by atoms with Gasteiger partial charge in [0.2, 0.25) is 0 Å². The van der Waals surface area contributed by atoms with E-state index in [9.17, 15) is 0 Å². The highest BCUT2D eigenvalue weighted by molar-refractivity contribution is 6.29. The normalized spacial score (nSPS) is 19.9. The van der Waals surface area contributed by atoms with E-state index in [0.29, 0.717) is 34.6 Å². The number of para-hydroxylation sites is 1. The van der Waals surface area contributed by atoms with Crippen LogP contribution >= 0.6 is 11.6 Å². The van der Waals surface area contributed by atoms with E-state index in [1.165, 1.54) is 0 Å². The topological polar surface area (TPSA) is 106 Å². The molecule has 2 bridgehead atoms. The van der Waals surface area contributed by atoms with E-state index >= 15 is 0 Å². The molecule has 0 aliphatic carbocycles. The first-order valence-corrected chi connectivity index (χ1v) is 10.8. The Balaban J connectivity index is 1.43. The summed E-state index contributed by atoms with van der Waals surface area (Å²) in [4.78, 5) is 2.40. The summed E-state index contributed by atoms with van der Waals surface area (Å²) in [7, 11) is 1.59. The molecular formula is C21H24ClN8O2+. The Morgan fingerprint density at radius 3 is 2.69 bits per heavy atom. The molecule has 2 saturated heterocycles. The minimum absolute atomic E-state index is 0.151. The predicted octanol–water partition coefficient (Wildman–Crippen LogP) is 1.43. The van der Waals surface area contributed by atoms with Gasteiger partial charge in [0.05, 0.1) is 25.0 Å². The van der Waals surface area contributed by atoms with Gasteiger partial charge in [-0.25, -0.2) is 0 Å². The highest BCUT2D eigenvalue weighted by Gasteiger charge is 2.42. The largest absolute Gasteiger partial charge is 0.467 e. The third-order valence-corrected chi connectivity index (χ3v) is 6.10. The standard InChI is InChI=1S/C21H23ClN8O2/c1-31-13-32-19-5-3-2-4-17(19)18-12-29(21(23)27-25-18)28-10-14-6-7-15(11-28)30(14)16-8-20(22)26-24-9-16/h2-5,8-9,12,14-15,23H,6-7,10-11,13H2,1H3/p+1. The Morgan fingerprint density at radius 2 is 1.94 bits per heavy atom. The molecule has 2 unspecified atom stereocenters. The van der Waals surface area contributed by atoms with Crippen LogP contribution in [0.1, 0.15) is 12.8 Å². The first-order chi connectivity index (χ1) is 15.6. The Kier molecular flexibility index (Phi) is 5.62. The maximum absolute atomic E-state index is 6.24. The van der Waals surface area contributed by atoms with Crippen LogP contribution in [0, 0.1) is 0 Å². The number of halogens is 1. The lowest BCUT2D eigenvalue weighted by Crippen LogP contribution is -2.69. The van der Waals surface area contributed by atoms with E-state index in [-0.39, 0.29) is 6.79 Å². The number of piperazine rings is 1. The molecule has 2 aliphatic heterocycles. The number of hydrogen-bond acceptors (Lipinski definition) is 9. The maximum Gasteiger partial charge on any atom is 0.434 e. The monoisotopic (exact) mass is 455 g/mol. The molecule has 166 valence electrons. The van der Waals surface area contributed by atoms with Crippen molar-refractivity contribution in [2.75, 3.05) is 42.6 Å². The number of benzene rings is 1. The quantitative estimate of drug-likeness (QED) is 0.436. The van der Waals surface area contributed by atoms with Crippen LogP contribution in [0.3, 0.4) is 0 Å². The van der Waals surface area contributed by atoms with Gasteiger partial charge in [0.25, 0.3) is 0 Å². The zero-order valence-corrected chi connectivity index (χ0v) is 18.4. The van der Waals surface area contributed by atoms with Gasteiger partial charge in [0.15, 0.2) is 11.9 Å². The fourth-order valence-electron chi connectivity index (χ4n) is 4.59. The molecule has 11 heteroatoms. The van der Waals surface area contributed by atoms with E-state index in [0.717, 1.165) is 37.2 Å². The van der Waals surface area contributed by atoms with Crippen LogP contribution in [0.2, 0.25) is 5.15 Å². The summed E-state index contributed by atoms with van der Waals surface area (Å²) in [5.41, 5.74) is 8.74. The summed E-state index contributed by atoms with van der Waals surface area (Å²) in [6.45, 7) is 1.73. The maximum atomic E-state index is 6.24. The van der Waals surface area contributed by atoms with Crippen molar-refractivity contribution in [3.63, 3.8) is 0 Å². The van der Waals surface area contributed by atoms with Gasteiger partial charge >= 0.3 is 5.95 Å². The van der Waals surface area contributed by atoms with Gasteiger partial charge in [-0.05, 0) is 25.0 Å². The van der Waals surface area contributed by atoms with Crippen LogP contribution in [0.4, 0.5) is 11.6 Å². The number of nitrogen functional groups attached to an aromatic ring is 1. The molecule has 2 fully saturated rings. The summed E-state index contributed by atoms with van der Waals surface area (Å²) >= 11 is 6.08. The molecule has 32 heavy (non-hydrogen) atoms. The molecule has 0 spiro atoms.